The smallest absolute Gasteiger partial charge is 0.149 e. The Labute approximate surface area is 80.9 Å². The molecule has 0 amide bonds. The molecular weight excluding hydrogens is 162 g/mol. The van der Waals surface area contributed by atoms with Crippen molar-refractivity contribution in [2.24, 2.45) is 5.41 Å². The number of hydrogen-bond donors (Lipinski definition) is 0. The predicted molar refractivity (Wildman–Crippen MR) is 53.2 cm³/mol. The Bertz CT molecular complexity index is 205. The molecule has 0 heterocycles. The van der Waals surface area contributed by atoms with Crippen molar-refractivity contribution in [2.75, 3.05) is 0 Å². The van der Waals surface area contributed by atoms with Crippen molar-refractivity contribution in [1.82, 2.24) is 0 Å². The molecule has 0 saturated heterocycles. The van der Waals surface area contributed by atoms with E-state index in [-0.39, 0.29) is 5.78 Å². The van der Waals surface area contributed by atoms with Crippen LogP contribution in [0, 0.1) is 16.7 Å². The van der Waals surface area contributed by atoms with Crippen LogP contribution in [0.25, 0.3) is 0 Å². The van der Waals surface area contributed by atoms with Crippen LogP contribution in [0.4, 0.5) is 0 Å². The lowest BCUT2D eigenvalue weighted by Gasteiger charge is -2.17. The summed E-state index contributed by atoms with van der Waals surface area (Å²) in [6.45, 7) is 5.39. The Balaban J connectivity index is 3.87. The minimum absolute atomic E-state index is 0.00787. The van der Waals surface area contributed by atoms with Crippen molar-refractivity contribution in [2.45, 2.75) is 52.9 Å². The fourth-order valence-electron chi connectivity index (χ4n) is 1.22. The third-order valence-electron chi connectivity index (χ3n) is 2.55. The summed E-state index contributed by atoms with van der Waals surface area (Å²) in [6.07, 6.45) is 5.19. The molecule has 2 heteroatoms. The molecule has 2 nitrogen and oxygen atoms in total. The second-order valence-electron chi connectivity index (χ2n) is 3.81. The molecular formula is C11H19NO. The standard InChI is InChI=1S/C11H19NO/c1-4-5-6-7-8-11(3,9-12)10(2)13/h4-8H2,1-3H3. The van der Waals surface area contributed by atoms with Crippen LogP contribution in [0.3, 0.4) is 0 Å². The van der Waals surface area contributed by atoms with E-state index >= 15 is 0 Å². The Kier molecular flexibility index (Phi) is 5.37. The Morgan fingerprint density at radius 3 is 2.38 bits per heavy atom. The van der Waals surface area contributed by atoms with Gasteiger partial charge < -0.3 is 0 Å². The molecule has 0 radical (unpaired) electrons. The Morgan fingerprint density at radius 2 is 2.00 bits per heavy atom. The van der Waals surface area contributed by atoms with Crippen molar-refractivity contribution in [3.8, 4) is 6.07 Å². The summed E-state index contributed by atoms with van der Waals surface area (Å²) < 4.78 is 0. The van der Waals surface area contributed by atoms with Gasteiger partial charge >= 0.3 is 0 Å². The van der Waals surface area contributed by atoms with Crippen molar-refractivity contribution in [1.29, 1.82) is 5.26 Å². The quantitative estimate of drug-likeness (QED) is 0.591. The van der Waals surface area contributed by atoms with Gasteiger partial charge in [0.25, 0.3) is 0 Å². The van der Waals surface area contributed by atoms with Crippen LogP contribution in [0.2, 0.25) is 0 Å². The molecule has 0 bridgehead atoms. The van der Waals surface area contributed by atoms with E-state index in [0.717, 1.165) is 12.8 Å². The van der Waals surface area contributed by atoms with Gasteiger partial charge in [-0.3, -0.25) is 4.79 Å². The van der Waals surface area contributed by atoms with Crippen LogP contribution in [0.5, 0.6) is 0 Å². The molecule has 0 rings (SSSR count). The van der Waals surface area contributed by atoms with Crippen LogP contribution in [0.15, 0.2) is 0 Å². The SMILES string of the molecule is CCCCCCC(C)(C#N)C(C)=O. The van der Waals surface area contributed by atoms with Gasteiger partial charge in [0, 0.05) is 0 Å². The number of ketones is 1. The van der Waals surface area contributed by atoms with E-state index in [9.17, 15) is 4.79 Å². The highest BCUT2D eigenvalue weighted by Gasteiger charge is 2.28. The summed E-state index contributed by atoms with van der Waals surface area (Å²) >= 11 is 0. The fourth-order valence-corrected chi connectivity index (χ4v) is 1.22. The molecule has 0 aromatic heterocycles. The molecule has 0 spiro atoms. The summed E-state index contributed by atoms with van der Waals surface area (Å²) in [5.41, 5.74) is -0.742. The van der Waals surface area contributed by atoms with Gasteiger partial charge in [0.05, 0.1) is 6.07 Å². The van der Waals surface area contributed by atoms with Gasteiger partial charge in [-0.1, -0.05) is 32.6 Å². The fraction of sp³-hybridized carbons (Fsp3) is 0.818. The monoisotopic (exact) mass is 181 g/mol. The Morgan fingerprint density at radius 1 is 1.38 bits per heavy atom. The molecule has 0 N–H and O–H groups in total. The first-order valence-corrected chi connectivity index (χ1v) is 4.99. The van der Waals surface area contributed by atoms with E-state index in [4.69, 9.17) is 5.26 Å². The summed E-state index contributed by atoms with van der Waals surface area (Å²) in [5.74, 6) is -0.00787. The first-order chi connectivity index (χ1) is 6.06. The number of carbonyl (C=O) groups is 1. The summed E-state index contributed by atoms with van der Waals surface area (Å²) in [4.78, 5) is 11.1. The minimum Gasteiger partial charge on any atom is -0.298 e. The van der Waals surface area contributed by atoms with Crippen LogP contribution in [-0.4, -0.2) is 5.78 Å². The van der Waals surface area contributed by atoms with Crippen molar-refractivity contribution >= 4 is 5.78 Å². The summed E-state index contributed by atoms with van der Waals surface area (Å²) in [7, 11) is 0. The maximum absolute atomic E-state index is 11.1. The molecule has 1 unspecified atom stereocenters. The molecule has 74 valence electrons. The second-order valence-corrected chi connectivity index (χ2v) is 3.81. The van der Waals surface area contributed by atoms with Crippen LogP contribution in [0.1, 0.15) is 52.9 Å². The van der Waals surface area contributed by atoms with E-state index in [1.54, 1.807) is 6.92 Å². The average molecular weight is 181 g/mol. The molecule has 0 aromatic rings. The second kappa shape index (κ2) is 5.75. The van der Waals surface area contributed by atoms with E-state index in [1.165, 1.54) is 19.8 Å². The zero-order valence-electron chi connectivity index (χ0n) is 8.89. The number of carbonyl (C=O) groups excluding carboxylic acids is 1. The van der Waals surface area contributed by atoms with Gasteiger partial charge in [-0.15, -0.1) is 0 Å². The van der Waals surface area contributed by atoms with Crippen LogP contribution in [-0.2, 0) is 4.79 Å². The highest BCUT2D eigenvalue weighted by molar-refractivity contribution is 5.84. The van der Waals surface area contributed by atoms with Gasteiger partial charge in [-0.2, -0.15) is 5.26 Å². The molecule has 0 fully saturated rings. The van der Waals surface area contributed by atoms with E-state index in [1.807, 2.05) is 0 Å². The highest BCUT2D eigenvalue weighted by atomic mass is 16.1. The topological polar surface area (TPSA) is 40.9 Å². The molecule has 0 aliphatic carbocycles. The van der Waals surface area contributed by atoms with Crippen LogP contribution < -0.4 is 0 Å². The number of Topliss-reactive ketones (excluding diaryl/α,β-unsaturated/α-hetero) is 1. The van der Waals surface area contributed by atoms with Gasteiger partial charge in [-0.25, -0.2) is 0 Å². The molecule has 0 aromatic carbocycles. The third kappa shape index (κ3) is 4.07. The number of nitrogens with zero attached hydrogens (tertiary/aromatic N) is 1. The van der Waals surface area contributed by atoms with Gasteiger partial charge in [-0.05, 0) is 20.3 Å². The largest absolute Gasteiger partial charge is 0.298 e. The normalized spacial score (nSPS) is 14.6. The average Bonchev–Trinajstić information content (AvgIpc) is 2.12. The number of unbranched alkanes of at least 4 members (excludes halogenated alkanes) is 3. The van der Waals surface area contributed by atoms with E-state index in [0.29, 0.717) is 6.42 Å². The maximum atomic E-state index is 11.1. The van der Waals surface area contributed by atoms with Crippen LogP contribution >= 0.6 is 0 Å². The minimum atomic E-state index is -0.742. The zero-order valence-corrected chi connectivity index (χ0v) is 8.89. The van der Waals surface area contributed by atoms with Crippen molar-refractivity contribution in [3.05, 3.63) is 0 Å². The molecule has 0 aliphatic rings. The van der Waals surface area contributed by atoms with Gasteiger partial charge in [0.1, 0.15) is 11.2 Å². The highest BCUT2D eigenvalue weighted by Crippen LogP contribution is 2.24. The van der Waals surface area contributed by atoms with Gasteiger partial charge in [0.2, 0.25) is 0 Å². The Hall–Kier alpha value is -0.840. The number of rotatable bonds is 6. The molecule has 13 heavy (non-hydrogen) atoms. The first-order valence-electron chi connectivity index (χ1n) is 4.99. The summed E-state index contributed by atoms with van der Waals surface area (Å²) in [6, 6.07) is 2.11. The lowest BCUT2D eigenvalue weighted by atomic mass is 9.83. The van der Waals surface area contributed by atoms with E-state index in [2.05, 4.69) is 13.0 Å². The number of hydrogen-bond acceptors (Lipinski definition) is 2. The molecule has 1 atom stereocenters. The lowest BCUT2D eigenvalue weighted by molar-refractivity contribution is -0.123. The van der Waals surface area contributed by atoms with Crippen molar-refractivity contribution < 1.29 is 4.79 Å². The zero-order chi connectivity index (χ0) is 10.3. The number of nitriles is 1. The molecule has 0 saturated carbocycles. The third-order valence-corrected chi connectivity index (χ3v) is 2.55. The molecule has 0 aliphatic heterocycles. The maximum Gasteiger partial charge on any atom is 0.149 e. The predicted octanol–water partition coefficient (Wildman–Crippen LogP) is 3.08. The van der Waals surface area contributed by atoms with Crippen molar-refractivity contribution in [3.63, 3.8) is 0 Å². The first kappa shape index (κ1) is 12.2. The van der Waals surface area contributed by atoms with E-state index < -0.39 is 5.41 Å². The summed E-state index contributed by atoms with van der Waals surface area (Å²) in [5, 5.41) is 8.84. The van der Waals surface area contributed by atoms with Gasteiger partial charge in [0.15, 0.2) is 0 Å². The lowest BCUT2D eigenvalue weighted by Crippen LogP contribution is -2.23.